The number of fused-ring (bicyclic) bond motifs is 1. The lowest BCUT2D eigenvalue weighted by atomic mass is 10.3. The zero-order valence-corrected chi connectivity index (χ0v) is 5.40. The fourth-order valence-corrected chi connectivity index (χ4v) is 0.812. The number of hydrogen-bond acceptors (Lipinski definition) is 4. The van der Waals surface area contributed by atoms with E-state index >= 15 is 0 Å². The van der Waals surface area contributed by atoms with Crippen LogP contribution in [-0.4, -0.2) is 15.4 Å². The van der Waals surface area contributed by atoms with Crippen LogP contribution in [-0.2, 0) is 0 Å². The second kappa shape index (κ2) is 1.76. The molecule has 2 aliphatic heterocycles. The second-order valence-corrected chi connectivity index (χ2v) is 2.02. The van der Waals surface area contributed by atoms with E-state index in [9.17, 15) is 0 Å². The van der Waals surface area contributed by atoms with Gasteiger partial charge in [0, 0.05) is 6.07 Å². The normalized spacial score (nSPS) is 10.5. The van der Waals surface area contributed by atoms with Crippen molar-refractivity contribution in [2.45, 2.75) is 6.92 Å². The van der Waals surface area contributed by atoms with Crippen LogP contribution in [0.25, 0.3) is 11.4 Å². The Labute approximate surface area is 57.2 Å². The number of hydrogen-bond donors (Lipinski definition) is 0. The molecule has 0 atom stereocenters. The Morgan fingerprint density at radius 1 is 1.40 bits per heavy atom. The van der Waals surface area contributed by atoms with E-state index in [1.807, 2.05) is 6.92 Å². The van der Waals surface area contributed by atoms with Crippen molar-refractivity contribution < 1.29 is 4.52 Å². The molecule has 0 aromatic carbocycles. The molecule has 10 heavy (non-hydrogen) atoms. The van der Waals surface area contributed by atoms with Crippen LogP contribution in [0, 0.1) is 6.92 Å². The first-order valence-corrected chi connectivity index (χ1v) is 2.91. The summed E-state index contributed by atoms with van der Waals surface area (Å²) >= 11 is 0. The van der Waals surface area contributed by atoms with Crippen LogP contribution in [0.15, 0.2) is 16.9 Å². The smallest absolute Gasteiger partial charge is 0.154 e. The van der Waals surface area contributed by atoms with E-state index in [0.29, 0.717) is 0 Å². The second-order valence-electron chi connectivity index (χ2n) is 2.02. The highest BCUT2D eigenvalue weighted by atomic mass is 16.4. The summed E-state index contributed by atoms with van der Waals surface area (Å²) in [6, 6.07) is 1.74. The molecule has 4 heteroatoms. The summed E-state index contributed by atoms with van der Waals surface area (Å²) in [6.45, 7) is 1.85. The lowest BCUT2D eigenvalue weighted by Crippen LogP contribution is -1.80. The van der Waals surface area contributed by atoms with Crippen LogP contribution < -0.4 is 0 Å². The minimum Gasteiger partial charge on any atom is -0.364 e. The van der Waals surface area contributed by atoms with Crippen molar-refractivity contribution in [1.29, 1.82) is 0 Å². The maximum absolute atomic E-state index is 4.70. The molecular weight excluding hydrogens is 130 g/mol. The van der Waals surface area contributed by atoms with Crippen molar-refractivity contribution in [3.8, 4) is 11.4 Å². The minimum atomic E-state index is 0.738. The van der Waals surface area contributed by atoms with Gasteiger partial charge in [0.25, 0.3) is 0 Å². The predicted molar refractivity (Wildman–Crippen MR) is 33.5 cm³/mol. The Morgan fingerprint density at radius 2 is 2.30 bits per heavy atom. The maximum atomic E-state index is 4.70. The fourth-order valence-electron chi connectivity index (χ4n) is 0.812. The summed E-state index contributed by atoms with van der Waals surface area (Å²) in [6.07, 6.45) is 1.48. The van der Waals surface area contributed by atoms with Crippen LogP contribution >= 0.6 is 0 Å². The van der Waals surface area contributed by atoms with Gasteiger partial charge >= 0.3 is 0 Å². The van der Waals surface area contributed by atoms with Gasteiger partial charge in [-0.3, -0.25) is 0 Å². The number of rotatable bonds is 0. The van der Waals surface area contributed by atoms with Gasteiger partial charge in [0.1, 0.15) is 12.0 Å². The lowest BCUT2D eigenvalue weighted by molar-refractivity contribution is 0.402. The largest absolute Gasteiger partial charge is 0.364 e. The third-order valence-electron chi connectivity index (χ3n) is 1.32. The standard InChI is InChI=1S/C6H5N3O/c1-4-6-5(8-7-4)2-3-10-9-6/h2-3H,1H3. The van der Waals surface area contributed by atoms with E-state index in [2.05, 4.69) is 15.4 Å². The summed E-state index contributed by atoms with van der Waals surface area (Å²) in [5.41, 5.74) is 2.32. The van der Waals surface area contributed by atoms with Gasteiger partial charge < -0.3 is 4.52 Å². The molecule has 0 aliphatic carbocycles. The first kappa shape index (κ1) is 5.34. The van der Waals surface area contributed by atoms with Gasteiger partial charge in [-0.2, -0.15) is 5.10 Å². The zero-order valence-electron chi connectivity index (χ0n) is 5.40. The third kappa shape index (κ3) is 0.586. The van der Waals surface area contributed by atoms with Crippen LogP contribution in [0.3, 0.4) is 0 Å². The van der Waals surface area contributed by atoms with E-state index < -0.39 is 0 Å². The molecule has 2 heterocycles. The van der Waals surface area contributed by atoms with Gasteiger partial charge in [-0.15, -0.1) is 5.10 Å². The first-order chi connectivity index (χ1) is 4.88. The van der Waals surface area contributed by atoms with Gasteiger partial charge in [0.05, 0.1) is 5.69 Å². The number of aromatic nitrogens is 3. The molecule has 0 aromatic heterocycles. The maximum Gasteiger partial charge on any atom is 0.154 e. The molecule has 50 valence electrons. The summed E-state index contributed by atoms with van der Waals surface area (Å²) in [5.74, 6) is 0. The average molecular weight is 135 g/mol. The Morgan fingerprint density at radius 3 is 3.10 bits per heavy atom. The first-order valence-electron chi connectivity index (χ1n) is 2.91. The molecule has 0 bridgehead atoms. The Kier molecular flexibility index (Phi) is 0.943. The van der Waals surface area contributed by atoms with Gasteiger partial charge in [0.15, 0.2) is 5.69 Å². The monoisotopic (exact) mass is 135 g/mol. The Balaban J connectivity index is 2.78. The van der Waals surface area contributed by atoms with Gasteiger partial charge in [0.2, 0.25) is 0 Å². The van der Waals surface area contributed by atoms with E-state index in [1.54, 1.807) is 6.07 Å². The van der Waals surface area contributed by atoms with Crippen LogP contribution in [0.2, 0.25) is 0 Å². The average Bonchev–Trinajstić information content (AvgIpc) is 2.34. The minimum absolute atomic E-state index is 0.738. The van der Waals surface area contributed by atoms with E-state index in [0.717, 1.165) is 17.1 Å². The topological polar surface area (TPSA) is 51.8 Å². The lowest BCUT2D eigenvalue weighted by Gasteiger charge is -1.89. The highest BCUT2D eigenvalue weighted by Crippen LogP contribution is 2.17. The molecular formula is C6H5N3O. The van der Waals surface area contributed by atoms with E-state index in [-0.39, 0.29) is 0 Å². The third-order valence-corrected chi connectivity index (χ3v) is 1.32. The molecule has 0 radical (unpaired) electrons. The molecule has 4 nitrogen and oxygen atoms in total. The zero-order chi connectivity index (χ0) is 6.97. The number of nitrogens with zero attached hydrogens (tertiary/aromatic N) is 3. The van der Waals surface area contributed by atoms with E-state index in [4.69, 9.17) is 4.52 Å². The van der Waals surface area contributed by atoms with Gasteiger partial charge in [-0.25, -0.2) is 0 Å². The van der Waals surface area contributed by atoms with Crippen molar-refractivity contribution in [2.75, 3.05) is 0 Å². The van der Waals surface area contributed by atoms with Crippen molar-refractivity contribution in [1.82, 2.24) is 15.4 Å². The van der Waals surface area contributed by atoms with E-state index in [1.165, 1.54) is 6.26 Å². The number of aryl methyl sites for hydroxylation is 1. The quantitative estimate of drug-likeness (QED) is 0.538. The molecule has 0 unspecified atom stereocenters. The molecule has 0 fully saturated rings. The summed E-state index contributed by atoms with van der Waals surface area (Å²) in [4.78, 5) is 0. The predicted octanol–water partition coefficient (Wildman–Crippen LogP) is 0.878. The van der Waals surface area contributed by atoms with Crippen molar-refractivity contribution in [3.63, 3.8) is 0 Å². The van der Waals surface area contributed by atoms with Crippen molar-refractivity contribution in [2.24, 2.45) is 0 Å². The molecule has 0 saturated heterocycles. The Bertz CT molecular complexity index is 317. The molecule has 0 aromatic rings. The summed E-state index contributed by atoms with van der Waals surface area (Å²) in [7, 11) is 0. The summed E-state index contributed by atoms with van der Waals surface area (Å²) in [5, 5.41) is 11.4. The fraction of sp³-hybridized carbons (Fsp3) is 0.167. The molecule has 2 aliphatic rings. The van der Waals surface area contributed by atoms with Gasteiger partial charge in [-0.05, 0) is 6.92 Å². The van der Waals surface area contributed by atoms with Crippen LogP contribution in [0.5, 0.6) is 0 Å². The highest BCUT2D eigenvalue weighted by molar-refractivity contribution is 5.55. The van der Waals surface area contributed by atoms with Crippen LogP contribution in [0.1, 0.15) is 5.69 Å². The van der Waals surface area contributed by atoms with Crippen LogP contribution in [0.4, 0.5) is 0 Å². The molecule has 0 spiro atoms. The molecule has 0 saturated carbocycles. The Hall–Kier alpha value is -1.45. The summed E-state index contributed by atoms with van der Waals surface area (Å²) < 4.78 is 4.70. The molecule has 0 N–H and O–H groups in total. The SMILES string of the molecule is Cc1nnc2cconc1-2. The van der Waals surface area contributed by atoms with Crippen molar-refractivity contribution >= 4 is 0 Å². The van der Waals surface area contributed by atoms with Gasteiger partial charge in [-0.1, -0.05) is 5.16 Å². The van der Waals surface area contributed by atoms with Crippen molar-refractivity contribution in [3.05, 3.63) is 18.0 Å². The molecule has 0 amide bonds. The highest BCUT2D eigenvalue weighted by Gasteiger charge is 2.10. The molecule has 2 rings (SSSR count).